The predicted octanol–water partition coefficient (Wildman–Crippen LogP) is 4.14. The maximum absolute atomic E-state index is 15.0. The van der Waals surface area contributed by atoms with Crippen LogP contribution in [0.25, 0.3) is 11.3 Å². The van der Waals surface area contributed by atoms with Crippen molar-refractivity contribution in [3.05, 3.63) is 46.6 Å². The third-order valence-electron chi connectivity index (χ3n) is 9.74. The Bertz CT molecular complexity index is 1410. The maximum Gasteiger partial charge on any atom is 0.253 e. The molecule has 44 heavy (non-hydrogen) atoms. The average Bonchev–Trinajstić information content (AvgIpc) is 3.72. The minimum atomic E-state index is -1.34. The monoisotopic (exact) mass is 623 g/mol. The van der Waals surface area contributed by atoms with Gasteiger partial charge in [-0.3, -0.25) is 19.3 Å². The standard InChI is InChI=1S/C33H42FN5O4S/c1-21(2)17-24-18-39(28-26(41)19-43-29(24)28)33(20-40,25-7-5-4-6-8-25)36-31(42)23-11-9-22(10-12-23)27-30(34)44-32(35-27)38-15-13-37(3)14-16-38/h9-12,17,20,24-25,28-29H,4-8,13-16,18-19H2,1-3H3,(H,36,42). The summed E-state index contributed by atoms with van der Waals surface area (Å²) in [5.74, 6) is -0.644. The third-order valence-corrected chi connectivity index (χ3v) is 10.6. The molecule has 4 aliphatic rings. The lowest BCUT2D eigenvalue weighted by Gasteiger charge is -2.47. The normalized spacial score (nSPS) is 26.3. The summed E-state index contributed by atoms with van der Waals surface area (Å²) in [7, 11) is 2.07. The van der Waals surface area contributed by atoms with E-state index in [9.17, 15) is 14.4 Å². The predicted molar refractivity (Wildman–Crippen MR) is 168 cm³/mol. The van der Waals surface area contributed by atoms with Crippen LogP contribution in [0.1, 0.15) is 56.3 Å². The number of fused-ring (bicyclic) bond motifs is 1. The number of carbonyl (C=O) groups is 3. The minimum absolute atomic E-state index is 0.0116. The number of carbonyl (C=O) groups excluding carboxylic acids is 3. The van der Waals surface area contributed by atoms with E-state index in [0.717, 1.165) is 81.5 Å². The molecule has 9 nitrogen and oxygen atoms in total. The maximum atomic E-state index is 15.0. The van der Waals surface area contributed by atoms with Crippen LogP contribution in [0.5, 0.6) is 0 Å². The highest BCUT2D eigenvalue weighted by Crippen LogP contribution is 2.43. The van der Waals surface area contributed by atoms with E-state index in [0.29, 0.717) is 22.8 Å². The fourth-order valence-electron chi connectivity index (χ4n) is 7.43. The molecule has 2 aromatic rings. The zero-order chi connectivity index (χ0) is 31.0. The van der Waals surface area contributed by atoms with Gasteiger partial charge in [0.2, 0.25) is 5.13 Å². The fourth-order valence-corrected chi connectivity index (χ4v) is 8.30. The molecule has 6 rings (SSSR count). The molecule has 11 heteroatoms. The molecule has 4 heterocycles. The molecule has 4 unspecified atom stereocenters. The van der Waals surface area contributed by atoms with Crippen molar-refractivity contribution in [1.82, 2.24) is 20.1 Å². The van der Waals surface area contributed by atoms with Crippen LogP contribution in [0.3, 0.4) is 0 Å². The number of anilines is 1. The number of nitrogens with zero attached hydrogens (tertiary/aromatic N) is 4. The second-order valence-corrected chi connectivity index (χ2v) is 13.9. The molecule has 3 saturated heterocycles. The number of piperazine rings is 1. The van der Waals surface area contributed by atoms with Gasteiger partial charge in [0.25, 0.3) is 5.91 Å². The largest absolute Gasteiger partial charge is 0.368 e. The van der Waals surface area contributed by atoms with Crippen LogP contribution in [-0.2, 0) is 14.3 Å². The van der Waals surface area contributed by atoms with Crippen molar-refractivity contribution in [3.63, 3.8) is 0 Å². The van der Waals surface area contributed by atoms with E-state index in [1.807, 2.05) is 18.7 Å². The summed E-state index contributed by atoms with van der Waals surface area (Å²) in [4.78, 5) is 51.2. The zero-order valence-electron chi connectivity index (χ0n) is 25.8. The Morgan fingerprint density at radius 1 is 1.11 bits per heavy atom. The molecule has 0 bridgehead atoms. The second kappa shape index (κ2) is 12.8. The average molecular weight is 624 g/mol. The number of hydrogen-bond donors (Lipinski definition) is 1. The molecule has 1 aliphatic carbocycles. The summed E-state index contributed by atoms with van der Waals surface area (Å²) in [6.07, 6.45) is 7.19. The molecule has 1 aromatic heterocycles. The number of benzene rings is 1. The quantitative estimate of drug-likeness (QED) is 0.347. The smallest absolute Gasteiger partial charge is 0.253 e. The van der Waals surface area contributed by atoms with Gasteiger partial charge in [0.15, 0.2) is 22.9 Å². The Morgan fingerprint density at radius 2 is 1.82 bits per heavy atom. The van der Waals surface area contributed by atoms with Gasteiger partial charge in [-0.25, -0.2) is 4.98 Å². The van der Waals surface area contributed by atoms with Crippen molar-refractivity contribution in [2.75, 3.05) is 51.3 Å². The molecule has 1 aromatic carbocycles. The van der Waals surface area contributed by atoms with Gasteiger partial charge in [0.1, 0.15) is 18.3 Å². The number of Topliss-reactive ketones (excluding diaryl/α,β-unsaturated/α-hetero) is 1. The molecule has 236 valence electrons. The highest BCUT2D eigenvalue weighted by atomic mass is 32.1. The van der Waals surface area contributed by atoms with E-state index >= 15 is 4.39 Å². The SMILES string of the molecule is CC(C)=CC1CN(C(C=O)(NC(=O)c2ccc(-c3nc(N4CCN(C)CC4)sc3F)cc2)C2CCCCC2)C2C(=O)COC12. The number of likely N-dealkylation sites (tertiary alicyclic amines) is 1. The zero-order valence-corrected chi connectivity index (χ0v) is 26.6. The van der Waals surface area contributed by atoms with Gasteiger partial charge in [-0.2, -0.15) is 4.39 Å². The molecule has 3 aliphatic heterocycles. The first-order valence-electron chi connectivity index (χ1n) is 15.8. The Labute approximate surface area is 262 Å². The van der Waals surface area contributed by atoms with Gasteiger partial charge in [0, 0.05) is 55.7 Å². The van der Waals surface area contributed by atoms with Crippen LogP contribution >= 0.6 is 11.3 Å². The van der Waals surface area contributed by atoms with E-state index in [-0.39, 0.29) is 41.2 Å². The van der Waals surface area contributed by atoms with Gasteiger partial charge in [-0.15, -0.1) is 0 Å². The number of halogens is 1. The molecule has 1 amide bonds. The van der Waals surface area contributed by atoms with Crippen molar-refractivity contribution < 1.29 is 23.5 Å². The Balaban J connectivity index is 1.26. The Hall–Kier alpha value is -2.99. The molecule has 1 saturated carbocycles. The number of thiazole rings is 1. The topological polar surface area (TPSA) is 95.1 Å². The fraction of sp³-hybridized carbons (Fsp3) is 0.576. The van der Waals surface area contributed by atoms with Crippen LogP contribution in [-0.4, -0.2) is 96.9 Å². The first kappa shape index (κ1) is 31.0. The first-order valence-corrected chi connectivity index (χ1v) is 16.6. The van der Waals surface area contributed by atoms with Gasteiger partial charge in [-0.1, -0.05) is 54.4 Å². The van der Waals surface area contributed by atoms with Gasteiger partial charge in [-0.05, 0) is 45.9 Å². The molecule has 0 spiro atoms. The summed E-state index contributed by atoms with van der Waals surface area (Å²) in [5.41, 5.74) is 0.991. The molecular formula is C33H42FN5O4S. The molecule has 4 fully saturated rings. The van der Waals surface area contributed by atoms with E-state index in [2.05, 4.69) is 33.2 Å². The third kappa shape index (κ3) is 5.87. The van der Waals surface area contributed by atoms with Crippen molar-refractivity contribution >= 4 is 34.4 Å². The summed E-state index contributed by atoms with van der Waals surface area (Å²) >= 11 is 1.04. The first-order chi connectivity index (χ1) is 21.2. The summed E-state index contributed by atoms with van der Waals surface area (Å²) in [6, 6.07) is 6.12. The number of aromatic nitrogens is 1. The molecular weight excluding hydrogens is 581 g/mol. The van der Waals surface area contributed by atoms with Crippen molar-refractivity contribution in [1.29, 1.82) is 0 Å². The number of rotatable bonds is 8. The molecule has 0 radical (unpaired) electrons. The molecule has 4 atom stereocenters. The Kier molecular flexibility index (Phi) is 9.01. The van der Waals surface area contributed by atoms with E-state index < -0.39 is 17.6 Å². The van der Waals surface area contributed by atoms with Crippen LogP contribution < -0.4 is 10.2 Å². The highest BCUT2D eigenvalue weighted by Gasteiger charge is 2.59. The minimum Gasteiger partial charge on any atom is -0.368 e. The van der Waals surface area contributed by atoms with Crippen LogP contribution in [0.2, 0.25) is 0 Å². The number of hydrogen-bond acceptors (Lipinski definition) is 9. The van der Waals surface area contributed by atoms with Gasteiger partial charge < -0.3 is 19.9 Å². The molecule has 1 N–H and O–H groups in total. The lowest BCUT2D eigenvalue weighted by molar-refractivity contribution is -0.132. The van der Waals surface area contributed by atoms with Crippen molar-refractivity contribution in [2.45, 2.75) is 63.8 Å². The second-order valence-electron chi connectivity index (χ2n) is 13.0. The number of nitrogens with one attached hydrogen (secondary N) is 1. The number of likely N-dealkylation sites (N-methyl/N-ethyl adjacent to an activating group) is 1. The van der Waals surface area contributed by atoms with Crippen LogP contribution in [0, 0.1) is 17.0 Å². The number of ketones is 1. The van der Waals surface area contributed by atoms with E-state index in [4.69, 9.17) is 4.74 Å². The van der Waals surface area contributed by atoms with Crippen LogP contribution in [0.4, 0.5) is 9.52 Å². The lowest BCUT2D eigenvalue weighted by Crippen LogP contribution is -2.68. The Morgan fingerprint density at radius 3 is 2.48 bits per heavy atom. The number of amides is 1. The number of aldehydes is 1. The lowest BCUT2D eigenvalue weighted by atomic mass is 9.78. The highest BCUT2D eigenvalue weighted by molar-refractivity contribution is 7.14. The van der Waals surface area contributed by atoms with Gasteiger partial charge in [0.05, 0.1) is 6.10 Å². The van der Waals surface area contributed by atoms with Crippen molar-refractivity contribution in [3.8, 4) is 11.3 Å². The number of allylic oxidation sites excluding steroid dienone is 1. The summed E-state index contributed by atoms with van der Waals surface area (Å²) in [6.45, 7) is 7.88. The summed E-state index contributed by atoms with van der Waals surface area (Å²) in [5, 5.41) is 3.44. The van der Waals surface area contributed by atoms with E-state index in [1.54, 1.807) is 24.3 Å². The summed E-state index contributed by atoms with van der Waals surface area (Å²) < 4.78 is 21.0. The van der Waals surface area contributed by atoms with Crippen molar-refractivity contribution in [2.24, 2.45) is 11.8 Å². The van der Waals surface area contributed by atoms with Crippen LogP contribution in [0.15, 0.2) is 35.9 Å². The van der Waals surface area contributed by atoms with E-state index in [1.165, 1.54) is 0 Å². The van der Waals surface area contributed by atoms with Gasteiger partial charge >= 0.3 is 0 Å². The number of ether oxygens (including phenoxy) is 1.